The van der Waals surface area contributed by atoms with Gasteiger partial charge in [-0.15, -0.1) is 23.2 Å². The molecule has 0 heterocycles. The molecule has 2 saturated carbocycles. The van der Waals surface area contributed by atoms with Crippen molar-refractivity contribution < 1.29 is 18.4 Å². The van der Waals surface area contributed by atoms with Gasteiger partial charge in [-0.3, -0.25) is 9.59 Å². The highest BCUT2D eigenvalue weighted by Crippen LogP contribution is 2.65. The van der Waals surface area contributed by atoms with Crippen molar-refractivity contribution in [2.45, 2.75) is 35.1 Å². The number of amides is 2. The molecule has 2 aliphatic carbocycles. The molecular formula is C21H15Br2Cl3F2N2O2. The molecule has 11 heteroatoms. The third-order valence-corrected chi connectivity index (χ3v) is 7.67. The molecule has 4 rings (SSSR count). The van der Waals surface area contributed by atoms with E-state index in [0.717, 1.165) is 14.5 Å². The monoisotopic (exact) mass is 628 g/mol. The lowest BCUT2D eigenvalue weighted by Crippen LogP contribution is -2.50. The molecule has 4 nitrogen and oxygen atoms in total. The lowest BCUT2D eigenvalue weighted by Gasteiger charge is -2.35. The lowest BCUT2D eigenvalue weighted by atomic mass is 9.88. The van der Waals surface area contributed by atoms with E-state index in [9.17, 15) is 18.4 Å². The summed E-state index contributed by atoms with van der Waals surface area (Å²) in [6, 6.07) is 9.31. The van der Waals surface area contributed by atoms with Gasteiger partial charge in [0.05, 0.1) is 16.5 Å². The fourth-order valence-corrected chi connectivity index (χ4v) is 6.21. The summed E-state index contributed by atoms with van der Waals surface area (Å²) in [5, 5.41) is 5.38. The number of rotatable bonds is 5. The third-order valence-electron chi connectivity index (χ3n) is 5.48. The molecule has 2 aliphatic rings. The predicted octanol–water partition coefficient (Wildman–Crippen LogP) is 6.92. The van der Waals surface area contributed by atoms with E-state index in [-0.39, 0.29) is 10.6 Å². The van der Waals surface area contributed by atoms with E-state index >= 15 is 0 Å². The Balaban J connectivity index is 1.46. The first-order chi connectivity index (χ1) is 14.9. The minimum absolute atomic E-state index is 0.0750. The number of carbonyl (C=O) groups is 2. The number of halogens is 7. The minimum Gasteiger partial charge on any atom is -0.349 e. The van der Waals surface area contributed by atoms with Gasteiger partial charge in [0, 0.05) is 39.4 Å². The molecule has 2 unspecified atom stereocenters. The van der Waals surface area contributed by atoms with Crippen LogP contribution in [0.25, 0.3) is 0 Å². The van der Waals surface area contributed by atoms with Crippen molar-refractivity contribution in [3.63, 3.8) is 0 Å². The zero-order valence-corrected chi connectivity index (χ0v) is 21.5. The molecule has 0 radical (unpaired) electrons. The molecule has 0 spiro atoms. The van der Waals surface area contributed by atoms with E-state index in [4.69, 9.17) is 34.8 Å². The summed E-state index contributed by atoms with van der Waals surface area (Å²) in [5.41, 5.74) is 1.18. The first-order valence-electron chi connectivity index (χ1n) is 9.50. The number of alkyl halides is 4. The Labute approximate surface area is 214 Å². The van der Waals surface area contributed by atoms with Crippen LogP contribution in [0.3, 0.4) is 0 Å². The Morgan fingerprint density at radius 3 is 2.25 bits per heavy atom. The molecular weight excluding hydrogens is 616 g/mol. The van der Waals surface area contributed by atoms with Crippen LogP contribution < -0.4 is 10.6 Å². The molecule has 2 aromatic carbocycles. The van der Waals surface area contributed by atoms with Crippen LogP contribution in [0.2, 0.25) is 5.02 Å². The third kappa shape index (κ3) is 4.94. The standard InChI is InChI=1S/C21H15Br2Cl3F2N2O2/c22-10-3-9(4-11(23)5-10)16-17(21(16,25)26)19(32)29-12-1-2-15(24)14(6-12)18(31)30-13-7-20(27,28)8-13/h1-6,13,16-17H,7-8H2,(H,29,32)(H,30,31). The van der Waals surface area contributed by atoms with Gasteiger partial charge in [-0.1, -0.05) is 43.5 Å². The maximum Gasteiger partial charge on any atom is 0.253 e. The van der Waals surface area contributed by atoms with E-state index in [0.29, 0.717) is 5.69 Å². The van der Waals surface area contributed by atoms with Crippen molar-refractivity contribution in [1.82, 2.24) is 5.32 Å². The highest BCUT2D eigenvalue weighted by atomic mass is 79.9. The number of hydrogen-bond donors (Lipinski definition) is 2. The molecule has 2 aromatic rings. The van der Waals surface area contributed by atoms with Crippen molar-refractivity contribution in [2.24, 2.45) is 5.92 Å². The van der Waals surface area contributed by atoms with E-state index in [1.54, 1.807) is 0 Å². The van der Waals surface area contributed by atoms with Gasteiger partial charge in [-0.05, 0) is 42.0 Å². The Hall–Kier alpha value is -0.930. The second kappa shape index (κ2) is 8.69. The van der Waals surface area contributed by atoms with Gasteiger partial charge in [-0.2, -0.15) is 0 Å². The van der Waals surface area contributed by atoms with Gasteiger partial charge in [0.1, 0.15) is 4.33 Å². The first-order valence-corrected chi connectivity index (χ1v) is 12.2. The molecule has 2 fully saturated rings. The molecule has 0 saturated heterocycles. The molecule has 2 N–H and O–H groups in total. The maximum absolute atomic E-state index is 13.0. The quantitative estimate of drug-likeness (QED) is 0.352. The van der Waals surface area contributed by atoms with Gasteiger partial charge >= 0.3 is 0 Å². The van der Waals surface area contributed by atoms with Crippen LogP contribution in [0.1, 0.15) is 34.7 Å². The Morgan fingerprint density at radius 2 is 1.66 bits per heavy atom. The molecule has 170 valence electrons. The minimum atomic E-state index is -2.75. The summed E-state index contributed by atoms with van der Waals surface area (Å²) in [4.78, 5) is 25.4. The fraction of sp³-hybridized carbons (Fsp3) is 0.333. The summed E-state index contributed by atoms with van der Waals surface area (Å²) in [7, 11) is 0. The van der Waals surface area contributed by atoms with Crippen molar-refractivity contribution in [3.05, 3.63) is 61.5 Å². The average molecular weight is 632 g/mol. The van der Waals surface area contributed by atoms with Gasteiger partial charge in [0.15, 0.2) is 0 Å². The van der Waals surface area contributed by atoms with Crippen molar-refractivity contribution in [1.29, 1.82) is 0 Å². The first kappa shape index (κ1) is 24.2. The van der Waals surface area contributed by atoms with Crippen molar-refractivity contribution in [2.75, 3.05) is 5.32 Å². The van der Waals surface area contributed by atoms with Crippen LogP contribution in [0.5, 0.6) is 0 Å². The van der Waals surface area contributed by atoms with Crippen molar-refractivity contribution in [3.8, 4) is 0 Å². The summed E-state index contributed by atoms with van der Waals surface area (Å²) in [5.74, 6) is -4.88. The second-order valence-corrected chi connectivity index (χ2v) is 11.6. The highest BCUT2D eigenvalue weighted by molar-refractivity contribution is 9.11. The Bertz CT molecular complexity index is 1090. The zero-order chi connectivity index (χ0) is 23.4. The molecule has 0 aromatic heterocycles. The number of nitrogens with one attached hydrogen (secondary N) is 2. The van der Waals surface area contributed by atoms with Gasteiger partial charge in [-0.25, -0.2) is 8.78 Å². The van der Waals surface area contributed by atoms with Crippen molar-refractivity contribution >= 4 is 84.2 Å². The van der Waals surface area contributed by atoms with E-state index in [1.807, 2.05) is 18.2 Å². The van der Waals surface area contributed by atoms with Crippen LogP contribution in [-0.4, -0.2) is 28.1 Å². The van der Waals surface area contributed by atoms with Gasteiger partial charge < -0.3 is 10.6 Å². The number of hydrogen-bond acceptors (Lipinski definition) is 2. The van der Waals surface area contributed by atoms with Gasteiger partial charge in [0.25, 0.3) is 11.8 Å². The molecule has 32 heavy (non-hydrogen) atoms. The largest absolute Gasteiger partial charge is 0.349 e. The average Bonchev–Trinajstić information content (AvgIpc) is 3.23. The summed E-state index contributed by atoms with van der Waals surface area (Å²) < 4.78 is 26.4. The van der Waals surface area contributed by atoms with Gasteiger partial charge in [0.2, 0.25) is 5.91 Å². The molecule has 0 aliphatic heterocycles. The number of anilines is 1. The normalized spacial score (nSPS) is 23.2. The Morgan fingerprint density at radius 1 is 1.03 bits per heavy atom. The van der Waals surface area contributed by atoms with E-state index in [1.165, 1.54) is 18.2 Å². The molecule has 2 atom stereocenters. The SMILES string of the molecule is O=C(NC1CC(F)(F)C1)c1cc(NC(=O)C2C(c3cc(Br)cc(Br)c3)C2(Cl)Cl)ccc1Cl. The zero-order valence-electron chi connectivity index (χ0n) is 16.1. The second-order valence-electron chi connectivity index (χ2n) is 7.95. The summed E-state index contributed by atoms with van der Waals surface area (Å²) in [6.45, 7) is 0. The van der Waals surface area contributed by atoms with E-state index < -0.39 is 52.8 Å². The topological polar surface area (TPSA) is 58.2 Å². The lowest BCUT2D eigenvalue weighted by molar-refractivity contribution is -0.117. The van der Waals surface area contributed by atoms with Crippen LogP contribution >= 0.6 is 66.7 Å². The molecule has 2 amide bonds. The number of carbonyl (C=O) groups excluding carboxylic acids is 2. The Kier molecular flexibility index (Phi) is 6.57. The van der Waals surface area contributed by atoms with Crippen LogP contribution in [0.15, 0.2) is 45.3 Å². The van der Waals surface area contributed by atoms with Crippen LogP contribution in [0.4, 0.5) is 14.5 Å². The fourth-order valence-electron chi connectivity index (χ4n) is 3.85. The van der Waals surface area contributed by atoms with Crippen LogP contribution in [-0.2, 0) is 4.79 Å². The highest BCUT2D eigenvalue weighted by Gasteiger charge is 2.67. The maximum atomic E-state index is 13.0. The summed E-state index contributed by atoms with van der Waals surface area (Å²) in [6.07, 6.45) is -0.815. The smallest absolute Gasteiger partial charge is 0.253 e. The van der Waals surface area contributed by atoms with E-state index in [2.05, 4.69) is 42.5 Å². The molecule has 0 bridgehead atoms. The van der Waals surface area contributed by atoms with Crippen LogP contribution in [0, 0.1) is 5.92 Å². The number of benzene rings is 2. The summed E-state index contributed by atoms with van der Waals surface area (Å²) >= 11 is 25.7. The predicted molar refractivity (Wildman–Crippen MR) is 128 cm³/mol.